The van der Waals surface area contributed by atoms with E-state index in [0.717, 1.165) is 12.2 Å². The molecule has 3 rings (SSSR count). The Kier molecular flexibility index (Phi) is 3.61. The van der Waals surface area contributed by atoms with Gasteiger partial charge in [0.05, 0.1) is 5.69 Å². The Morgan fingerprint density at radius 2 is 2.28 bits per heavy atom. The number of likely N-dealkylation sites (tertiary alicyclic amines) is 1. The molecule has 1 aromatic heterocycles. The molecule has 0 saturated carbocycles. The number of piperidine rings is 1. The molecular formula is C13H23N5. The van der Waals surface area contributed by atoms with Gasteiger partial charge in [0, 0.05) is 31.9 Å². The largest absolute Gasteiger partial charge is 0.312 e. The molecule has 1 aromatic rings. The average molecular weight is 249 g/mol. The number of aryl methyl sites for hydroxylation is 1. The van der Waals surface area contributed by atoms with Gasteiger partial charge >= 0.3 is 0 Å². The fraction of sp³-hybridized carbons (Fsp3) is 0.846. The first-order valence-electron chi connectivity index (χ1n) is 7.15. The molecule has 0 amide bonds. The normalized spacial score (nSPS) is 29.8. The predicted octanol–water partition coefficient (Wildman–Crippen LogP) is 0.922. The van der Waals surface area contributed by atoms with Crippen LogP contribution in [0.25, 0.3) is 0 Å². The van der Waals surface area contributed by atoms with Crippen LogP contribution in [0.3, 0.4) is 0 Å². The Morgan fingerprint density at radius 1 is 1.33 bits per heavy atom. The maximum atomic E-state index is 4.22. The number of nitrogens with zero attached hydrogens (tertiary/aromatic N) is 4. The molecule has 2 aliphatic heterocycles. The van der Waals surface area contributed by atoms with Crippen LogP contribution in [0.4, 0.5) is 0 Å². The SMILES string of the molecule is Cn1cc(CN2CCCCC2C2CCCN2)nn1. The van der Waals surface area contributed by atoms with Gasteiger partial charge in [-0.2, -0.15) is 0 Å². The lowest BCUT2D eigenvalue weighted by Crippen LogP contribution is -2.49. The molecule has 5 heteroatoms. The molecule has 2 unspecified atom stereocenters. The van der Waals surface area contributed by atoms with E-state index in [9.17, 15) is 0 Å². The minimum atomic E-state index is 0.696. The number of hydrogen-bond acceptors (Lipinski definition) is 4. The van der Waals surface area contributed by atoms with Crippen LogP contribution in [0.15, 0.2) is 6.20 Å². The van der Waals surface area contributed by atoms with E-state index in [1.54, 1.807) is 4.68 Å². The third kappa shape index (κ3) is 2.57. The molecule has 0 radical (unpaired) electrons. The maximum absolute atomic E-state index is 4.22. The van der Waals surface area contributed by atoms with Crippen LogP contribution in [0.5, 0.6) is 0 Å². The van der Waals surface area contributed by atoms with Crippen molar-refractivity contribution >= 4 is 0 Å². The molecule has 0 bridgehead atoms. The highest BCUT2D eigenvalue weighted by Gasteiger charge is 2.31. The topological polar surface area (TPSA) is 46.0 Å². The van der Waals surface area contributed by atoms with Crippen LogP contribution in [0, 0.1) is 0 Å². The first-order valence-corrected chi connectivity index (χ1v) is 7.15. The van der Waals surface area contributed by atoms with Crippen molar-refractivity contribution in [3.8, 4) is 0 Å². The number of nitrogens with one attached hydrogen (secondary N) is 1. The number of hydrogen-bond donors (Lipinski definition) is 1. The first-order chi connectivity index (χ1) is 8.83. The summed E-state index contributed by atoms with van der Waals surface area (Å²) in [6, 6.07) is 1.39. The summed E-state index contributed by atoms with van der Waals surface area (Å²) in [7, 11) is 1.93. The minimum absolute atomic E-state index is 0.696. The van der Waals surface area contributed by atoms with Gasteiger partial charge in [-0.1, -0.05) is 11.6 Å². The lowest BCUT2D eigenvalue weighted by molar-refractivity contribution is 0.111. The Morgan fingerprint density at radius 3 is 3.00 bits per heavy atom. The average Bonchev–Trinajstić information content (AvgIpc) is 3.02. The van der Waals surface area contributed by atoms with Crippen molar-refractivity contribution < 1.29 is 0 Å². The molecule has 5 nitrogen and oxygen atoms in total. The highest BCUT2D eigenvalue weighted by atomic mass is 15.4. The van der Waals surface area contributed by atoms with Crippen molar-refractivity contribution in [2.75, 3.05) is 13.1 Å². The molecule has 2 atom stereocenters. The molecule has 0 aromatic carbocycles. The van der Waals surface area contributed by atoms with Gasteiger partial charge in [-0.05, 0) is 38.8 Å². The van der Waals surface area contributed by atoms with E-state index < -0.39 is 0 Å². The summed E-state index contributed by atoms with van der Waals surface area (Å²) in [5.41, 5.74) is 1.10. The van der Waals surface area contributed by atoms with Crippen molar-refractivity contribution in [3.63, 3.8) is 0 Å². The molecule has 2 aliphatic rings. The summed E-state index contributed by atoms with van der Waals surface area (Å²) in [6.45, 7) is 3.36. The van der Waals surface area contributed by atoms with E-state index in [1.165, 1.54) is 45.2 Å². The number of aromatic nitrogens is 3. The Bertz CT molecular complexity index is 382. The fourth-order valence-corrected chi connectivity index (χ4v) is 3.38. The quantitative estimate of drug-likeness (QED) is 0.865. The predicted molar refractivity (Wildman–Crippen MR) is 70.1 cm³/mol. The van der Waals surface area contributed by atoms with Crippen LogP contribution < -0.4 is 5.32 Å². The minimum Gasteiger partial charge on any atom is -0.312 e. The Balaban J connectivity index is 1.67. The van der Waals surface area contributed by atoms with E-state index >= 15 is 0 Å². The summed E-state index contributed by atoms with van der Waals surface area (Å²) in [6.07, 6.45) is 8.73. The summed E-state index contributed by atoms with van der Waals surface area (Å²) in [4.78, 5) is 2.61. The van der Waals surface area contributed by atoms with Crippen molar-refractivity contribution in [2.24, 2.45) is 7.05 Å². The van der Waals surface area contributed by atoms with E-state index in [4.69, 9.17) is 0 Å². The molecule has 18 heavy (non-hydrogen) atoms. The van der Waals surface area contributed by atoms with E-state index in [0.29, 0.717) is 12.1 Å². The third-order valence-corrected chi connectivity index (χ3v) is 4.24. The second-order valence-corrected chi connectivity index (χ2v) is 5.62. The van der Waals surface area contributed by atoms with Crippen molar-refractivity contribution in [1.29, 1.82) is 0 Å². The summed E-state index contributed by atoms with van der Waals surface area (Å²) in [5.74, 6) is 0. The maximum Gasteiger partial charge on any atom is 0.0967 e. The molecule has 100 valence electrons. The first kappa shape index (κ1) is 12.1. The molecule has 0 spiro atoms. The van der Waals surface area contributed by atoms with E-state index in [1.807, 2.05) is 13.2 Å². The Hall–Kier alpha value is -0.940. The van der Waals surface area contributed by atoms with E-state index in [2.05, 4.69) is 20.5 Å². The van der Waals surface area contributed by atoms with Gasteiger partial charge < -0.3 is 5.32 Å². The standard InChI is InChI=1S/C13H23N5/c1-17-9-11(15-16-17)10-18-8-3-2-6-13(18)12-5-4-7-14-12/h9,12-14H,2-8,10H2,1H3. The second-order valence-electron chi connectivity index (χ2n) is 5.62. The van der Waals surface area contributed by atoms with Gasteiger partial charge in [0.2, 0.25) is 0 Å². The van der Waals surface area contributed by atoms with Crippen molar-refractivity contribution in [2.45, 2.75) is 50.7 Å². The van der Waals surface area contributed by atoms with Gasteiger partial charge in [0.1, 0.15) is 0 Å². The summed E-state index contributed by atoms with van der Waals surface area (Å²) >= 11 is 0. The zero-order valence-electron chi connectivity index (χ0n) is 11.2. The van der Waals surface area contributed by atoms with Gasteiger partial charge in [-0.25, -0.2) is 0 Å². The third-order valence-electron chi connectivity index (χ3n) is 4.24. The molecule has 2 saturated heterocycles. The second kappa shape index (κ2) is 5.36. The number of rotatable bonds is 3. The monoisotopic (exact) mass is 249 g/mol. The lowest BCUT2D eigenvalue weighted by atomic mass is 9.94. The summed E-state index contributed by atoms with van der Waals surface area (Å²) in [5, 5.41) is 11.9. The van der Waals surface area contributed by atoms with Crippen LogP contribution in [0.1, 0.15) is 37.8 Å². The van der Waals surface area contributed by atoms with Crippen LogP contribution in [-0.2, 0) is 13.6 Å². The van der Waals surface area contributed by atoms with Gasteiger partial charge in [0.25, 0.3) is 0 Å². The highest BCUT2D eigenvalue weighted by molar-refractivity contribution is 4.97. The molecule has 0 aliphatic carbocycles. The van der Waals surface area contributed by atoms with Crippen LogP contribution >= 0.6 is 0 Å². The zero-order valence-corrected chi connectivity index (χ0v) is 11.2. The van der Waals surface area contributed by atoms with Crippen LogP contribution in [0.2, 0.25) is 0 Å². The highest BCUT2D eigenvalue weighted by Crippen LogP contribution is 2.25. The molecule has 2 fully saturated rings. The van der Waals surface area contributed by atoms with E-state index in [-0.39, 0.29) is 0 Å². The van der Waals surface area contributed by atoms with Gasteiger partial charge in [-0.3, -0.25) is 9.58 Å². The smallest absolute Gasteiger partial charge is 0.0967 e. The molecular weight excluding hydrogens is 226 g/mol. The zero-order chi connectivity index (χ0) is 12.4. The van der Waals surface area contributed by atoms with Gasteiger partial charge in [0.15, 0.2) is 0 Å². The fourth-order valence-electron chi connectivity index (χ4n) is 3.38. The van der Waals surface area contributed by atoms with Crippen molar-refractivity contribution in [1.82, 2.24) is 25.2 Å². The molecule has 3 heterocycles. The van der Waals surface area contributed by atoms with Gasteiger partial charge in [-0.15, -0.1) is 5.10 Å². The van der Waals surface area contributed by atoms with Crippen LogP contribution in [-0.4, -0.2) is 45.1 Å². The lowest BCUT2D eigenvalue weighted by Gasteiger charge is -2.38. The summed E-state index contributed by atoms with van der Waals surface area (Å²) < 4.78 is 1.79. The Labute approximate surface area is 109 Å². The van der Waals surface area contributed by atoms with Crippen molar-refractivity contribution in [3.05, 3.63) is 11.9 Å². The molecule has 1 N–H and O–H groups in total.